The second-order valence-corrected chi connectivity index (χ2v) is 13.0. The van der Waals surface area contributed by atoms with E-state index in [2.05, 4.69) is 5.32 Å². The largest absolute Gasteiger partial charge is 0.354 e. The molecule has 0 unspecified atom stereocenters. The van der Waals surface area contributed by atoms with Gasteiger partial charge in [0, 0.05) is 19.5 Å². The molecule has 0 aliphatic carbocycles. The van der Waals surface area contributed by atoms with E-state index >= 15 is 0 Å². The molecule has 4 aromatic rings. The second-order valence-electron chi connectivity index (χ2n) is 10.8. The maximum atomic E-state index is 14.4. The highest BCUT2D eigenvalue weighted by molar-refractivity contribution is 7.92. The van der Waals surface area contributed by atoms with Crippen LogP contribution in [0.1, 0.15) is 35.6 Å². The molecule has 4 aromatic carbocycles. The van der Waals surface area contributed by atoms with E-state index < -0.39 is 28.5 Å². The van der Waals surface area contributed by atoms with Crippen LogP contribution in [0, 0.1) is 13.8 Å². The molecule has 0 saturated heterocycles. The summed E-state index contributed by atoms with van der Waals surface area (Å²) in [5.74, 6) is -0.837. The summed E-state index contributed by atoms with van der Waals surface area (Å²) in [5.41, 5.74) is 3.82. The summed E-state index contributed by atoms with van der Waals surface area (Å²) < 4.78 is 29.2. The smallest absolute Gasteiger partial charge is 0.264 e. The molecule has 0 fully saturated rings. The van der Waals surface area contributed by atoms with Crippen LogP contribution in [0.2, 0.25) is 5.02 Å². The summed E-state index contributed by atoms with van der Waals surface area (Å²) >= 11 is 6.53. The average Bonchev–Trinajstić information content (AvgIpc) is 3.02. The summed E-state index contributed by atoms with van der Waals surface area (Å²) in [5, 5.41) is 3.14. The summed E-state index contributed by atoms with van der Waals surface area (Å²) in [6, 6.07) is 29.3. The Morgan fingerprint density at radius 1 is 0.795 bits per heavy atom. The average molecular weight is 632 g/mol. The molecule has 2 amide bonds. The van der Waals surface area contributed by atoms with Gasteiger partial charge in [-0.25, -0.2) is 8.42 Å². The first-order valence-electron chi connectivity index (χ1n) is 14.6. The standard InChI is InChI=1S/C35H38ClN3O4S/c1-4-22-37-35(41)33(23-28-10-6-5-7-11-28)38(24-29-18-14-26(2)15-19-29)34(40)25-39(32-13-9-8-12-31(32)36)44(42,43)30-20-16-27(3)17-21-30/h5-21,33H,4,22-25H2,1-3H3,(H,37,41)/t33-/m0/s1. The van der Waals surface area contributed by atoms with Crippen molar-refractivity contribution in [2.45, 2.75) is 51.1 Å². The lowest BCUT2D eigenvalue weighted by Crippen LogP contribution is -2.53. The zero-order valence-corrected chi connectivity index (χ0v) is 26.8. The number of benzene rings is 4. The summed E-state index contributed by atoms with van der Waals surface area (Å²) in [4.78, 5) is 29.7. The zero-order chi connectivity index (χ0) is 31.7. The van der Waals surface area contributed by atoms with Gasteiger partial charge in [0.15, 0.2) is 0 Å². The number of rotatable bonds is 13. The molecular formula is C35H38ClN3O4S. The number of halogens is 1. The first-order chi connectivity index (χ1) is 21.1. The van der Waals surface area contributed by atoms with Gasteiger partial charge in [0.2, 0.25) is 11.8 Å². The predicted octanol–water partition coefficient (Wildman–Crippen LogP) is 6.32. The van der Waals surface area contributed by atoms with Gasteiger partial charge >= 0.3 is 0 Å². The lowest BCUT2D eigenvalue weighted by Gasteiger charge is -2.34. The van der Waals surface area contributed by atoms with Crippen LogP contribution in [0.25, 0.3) is 0 Å². The van der Waals surface area contributed by atoms with Crippen molar-refractivity contribution in [2.75, 3.05) is 17.4 Å². The maximum Gasteiger partial charge on any atom is 0.264 e. The number of anilines is 1. The third-order valence-corrected chi connectivity index (χ3v) is 9.40. The topological polar surface area (TPSA) is 86.8 Å². The first kappa shape index (κ1) is 32.8. The summed E-state index contributed by atoms with van der Waals surface area (Å²) in [6.07, 6.45) is 0.982. The number of para-hydroxylation sites is 1. The van der Waals surface area contributed by atoms with Gasteiger partial charge in [-0.2, -0.15) is 0 Å². The van der Waals surface area contributed by atoms with E-state index in [1.807, 2.05) is 75.4 Å². The molecular weight excluding hydrogens is 594 g/mol. The number of carbonyl (C=O) groups excluding carboxylic acids is 2. The van der Waals surface area contributed by atoms with Crippen molar-refractivity contribution >= 4 is 39.1 Å². The van der Waals surface area contributed by atoms with Crippen molar-refractivity contribution in [2.24, 2.45) is 0 Å². The molecule has 4 rings (SSSR count). The number of nitrogens with one attached hydrogen (secondary N) is 1. The molecule has 230 valence electrons. The van der Waals surface area contributed by atoms with Gasteiger partial charge in [-0.05, 0) is 55.7 Å². The van der Waals surface area contributed by atoms with Gasteiger partial charge in [-0.1, -0.05) is 109 Å². The van der Waals surface area contributed by atoms with Crippen LogP contribution in [0.4, 0.5) is 5.69 Å². The predicted molar refractivity (Wildman–Crippen MR) is 176 cm³/mol. The molecule has 1 N–H and O–H groups in total. The van der Waals surface area contributed by atoms with Crippen molar-refractivity contribution < 1.29 is 18.0 Å². The van der Waals surface area contributed by atoms with E-state index in [4.69, 9.17) is 11.6 Å². The quantitative estimate of drug-likeness (QED) is 0.187. The van der Waals surface area contributed by atoms with Gasteiger partial charge in [0.25, 0.3) is 10.0 Å². The highest BCUT2D eigenvalue weighted by Crippen LogP contribution is 2.31. The molecule has 9 heteroatoms. The molecule has 1 atom stereocenters. The minimum atomic E-state index is -4.22. The Morgan fingerprint density at radius 2 is 1.39 bits per heavy atom. The second kappa shape index (κ2) is 15.0. The maximum absolute atomic E-state index is 14.4. The van der Waals surface area contributed by atoms with Gasteiger partial charge in [0.05, 0.1) is 15.6 Å². The zero-order valence-electron chi connectivity index (χ0n) is 25.2. The Bertz CT molecular complexity index is 1660. The Hall–Kier alpha value is -4.14. The van der Waals surface area contributed by atoms with E-state index in [1.54, 1.807) is 36.4 Å². The van der Waals surface area contributed by atoms with Crippen molar-refractivity contribution in [3.63, 3.8) is 0 Å². The van der Waals surface area contributed by atoms with Gasteiger partial charge in [-0.15, -0.1) is 0 Å². The molecule has 0 aromatic heterocycles. The number of aryl methyl sites for hydroxylation is 2. The number of nitrogens with zero attached hydrogens (tertiary/aromatic N) is 2. The molecule has 0 saturated carbocycles. The van der Waals surface area contributed by atoms with Crippen molar-refractivity contribution in [3.8, 4) is 0 Å². The molecule has 0 aliphatic heterocycles. The fraction of sp³-hybridized carbons (Fsp3) is 0.257. The Morgan fingerprint density at radius 3 is 2.00 bits per heavy atom. The van der Waals surface area contributed by atoms with E-state index in [0.717, 1.165) is 33.0 Å². The normalized spacial score (nSPS) is 11.9. The van der Waals surface area contributed by atoms with E-state index in [-0.39, 0.29) is 34.5 Å². The third kappa shape index (κ3) is 8.27. The first-order valence-corrected chi connectivity index (χ1v) is 16.4. The van der Waals surface area contributed by atoms with Crippen molar-refractivity contribution in [1.82, 2.24) is 10.2 Å². The van der Waals surface area contributed by atoms with Crippen LogP contribution >= 0.6 is 11.6 Å². The summed E-state index contributed by atoms with van der Waals surface area (Å²) in [7, 11) is -4.22. The van der Waals surface area contributed by atoms with E-state index in [0.29, 0.717) is 6.54 Å². The third-order valence-electron chi connectivity index (χ3n) is 7.30. The SMILES string of the molecule is CCCNC(=O)[C@H](Cc1ccccc1)N(Cc1ccc(C)cc1)C(=O)CN(c1ccccc1Cl)S(=O)(=O)c1ccc(C)cc1. The summed E-state index contributed by atoms with van der Waals surface area (Å²) in [6.45, 7) is 5.80. The minimum Gasteiger partial charge on any atom is -0.354 e. The minimum absolute atomic E-state index is 0.0300. The molecule has 44 heavy (non-hydrogen) atoms. The molecule has 7 nitrogen and oxygen atoms in total. The van der Waals surface area contributed by atoms with Crippen LogP contribution in [0.5, 0.6) is 0 Å². The van der Waals surface area contributed by atoms with Gasteiger partial charge in [0.1, 0.15) is 12.6 Å². The van der Waals surface area contributed by atoms with E-state index in [9.17, 15) is 18.0 Å². The highest BCUT2D eigenvalue weighted by Gasteiger charge is 2.35. The molecule has 0 radical (unpaired) electrons. The Balaban J connectivity index is 1.80. The lowest BCUT2D eigenvalue weighted by atomic mass is 10.0. The fourth-order valence-electron chi connectivity index (χ4n) is 4.81. The molecule has 0 spiro atoms. The Labute approximate surface area is 265 Å². The van der Waals surface area contributed by atoms with Gasteiger partial charge < -0.3 is 10.2 Å². The fourth-order valence-corrected chi connectivity index (χ4v) is 6.54. The van der Waals surface area contributed by atoms with Gasteiger partial charge in [-0.3, -0.25) is 13.9 Å². The Kier molecular flexibility index (Phi) is 11.2. The lowest BCUT2D eigenvalue weighted by molar-refractivity contribution is -0.140. The number of amides is 2. The molecule has 0 heterocycles. The number of hydrogen-bond acceptors (Lipinski definition) is 4. The number of sulfonamides is 1. The highest BCUT2D eigenvalue weighted by atomic mass is 35.5. The van der Waals surface area contributed by atoms with Crippen LogP contribution < -0.4 is 9.62 Å². The number of carbonyl (C=O) groups is 2. The number of hydrogen-bond donors (Lipinski definition) is 1. The van der Waals surface area contributed by atoms with Crippen LogP contribution in [0.15, 0.2) is 108 Å². The molecule has 0 bridgehead atoms. The van der Waals surface area contributed by atoms with Crippen LogP contribution in [-0.2, 0) is 32.6 Å². The van der Waals surface area contributed by atoms with Crippen molar-refractivity contribution in [1.29, 1.82) is 0 Å². The monoisotopic (exact) mass is 631 g/mol. The van der Waals surface area contributed by atoms with Crippen molar-refractivity contribution in [3.05, 3.63) is 130 Å². The van der Waals surface area contributed by atoms with Crippen LogP contribution in [0.3, 0.4) is 0 Å². The van der Waals surface area contributed by atoms with Crippen LogP contribution in [-0.4, -0.2) is 44.3 Å². The molecule has 0 aliphatic rings. The van der Waals surface area contributed by atoms with E-state index in [1.165, 1.54) is 17.0 Å².